The Hall–Kier alpha value is -6.85. The first-order chi connectivity index (χ1) is 55.1. The Bertz CT molecular complexity index is 3990. The fourth-order valence-corrected chi connectivity index (χ4v) is 17.7. The average molecular weight is 1700 g/mol. The number of aliphatic hydroxyl groups is 1. The molecule has 2 saturated heterocycles. The molecule has 4 aliphatic heterocycles. The van der Waals surface area contributed by atoms with Crippen LogP contribution in [0.5, 0.6) is 0 Å². The zero-order valence-electron chi connectivity index (χ0n) is 76.4. The van der Waals surface area contributed by atoms with Crippen LogP contribution >= 0.6 is 0 Å². The zero-order chi connectivity index (χ0) is 89.8. The molecule has 7 rings (SSSR count). The molecule has 0 radical (unpaired) electrons. The molecular weight excluding hydrogens is 1560 g/mol. The lowest BCUT2D eigenvalue weighted by atomic mass is 9.76. The highest BCUT2D eigenvalue weighted by molar-refractivity contribution is 6.74. The topological polar surface area (TPSA) is 318 Å². The number of hydrogen-bond acceptors (Lipinski definition) is 26. The van der Waals surface area contributed by atoms with Crippen LogP contribution in [0.3, 0.4) is 0 Å². The summed E-state index contributed by atoms with van der Waals surface area (Å²) < 4.78 is 84.2. The lowest BCUT2D eigenvalue weighted by Crippen LogP contribution is -2.60. The third-order valence-electron chi connectivity index (χ3n) is 25.4. The number of nitrogens with zero attached hydrogens (tertiary/aromatic N) is 4. The second-order valence-electron chi connectivity index (χ2n) is 37.3. The second kappa shape index (κ2) is 41.6. The summed E-state index contributed by atoms with van der Waals surface area (Å²) in [6.45, 7) is 44.0. The number of imidazole rings is 1. The van der Waals surface area contributed by atoms with Gasteiger partial charge in [-0.1, -0.05) is 119 Å². The van der Waals surface area contributed by atoms with Crippen molar-refractivity contribution in [3.8, 4) is 0 Å². The summed E-state index contributed by atoms with van der Waals surface area (Å²) in [6.07, 6.45) is -1.66. The minimum Gasteiger partial charge on any atom is -0.458 e. The molecule has 119 heavy (non-hydrogen) atoms. The monoisotopic (exact) mass is 1700 g/mol. The van der Waals surface area contributed by atoms with Gasteiger partial charge in [-0.05, 0) is 206 Å². The molecule has 3 aromatic rings. The number of aromatic nitrogens is 2. The third-order valence-corrected chi connectivity index (χ3v) is 34.3. The van der Waals surface area contributed by atoms with E-state index in [1.807, 2.05) is 64.9 Å². The summed E-state index contributed by atoms with van der Waals surface area (Å²) in [5.41, 5.74) is -5.16. The minimum absolute atomic E-state index is 0.0436. The number of rotatable bonds is 21. The quantitative estimate of drug-likeness (QED) is 0.0448. The van der Waals surface area contributed by atoms with E-state index in [4.69, 9.17) is 61.0 Å². The normalized spacial score (nSPS) is 33.9. The lowest BCUT2D eigenvalue weighted by molar-refractivity contribution is -0.294. The van der Waals surface area contributed by atoms with Crippen LogP contribution in [0.4, 0.5) is 4.79 Å². The number of cyclic esters (lactones) is 2. The molecule has 1 aromatic heterocycles. The van der Waals surface area contributed by atoms with E-state index >= 15 is 0 Å². The molecule has 2 aromatic carbocycles. The van der Waals surface area contributed by atoms with Crippen molar-refractivity contribution in [1.29, 1.82) is 0 Å². The molecule has 22 atom stereocenters. The van der Waals surface area contributed by atoms with Crippen LogP contribution in [0.25, 0.3) is 0 Å². The number of esters is 4. The van der Waals surface area contributed by atoms with Crippen molar-refractivity contribution >= 4 is 69.7 Å². The number of allylic oxidation sites excluding steroid dienone is 2. The molecule has 0 bridgehead atoms. The van der Waals surface area contributed by atoms with Gasteiger partial charge < -0.3 is 75.9 Å². The average Bonchev–Trinajstić information content (AvgIpc) is 0.873. The van der Waals surface area contributed by atoms with Crippen molar-refractivity contribution in [2.75, 3.05) is 55.6 Å². The van der Waals surface area contributed by atoms with Gasteiger partial charge in [0.1, 0.15) is 36.0 Å². The number of Topliss-reactive ketones (excluding diaryl/α,β-unsaturated/α-hetero) is 4. The third kappa shape index (κ3) is 24.8. The molecule has 666 valence electrons. The first-order valence-electron chi connectivity index (χ1n) is 41.9. The Morgan fingerprint density at radius 3 is 1.31 bits per heavy atom. The lowest BCUT2D eigenvalue weighted by Gasteiger charge is -2.47. The number of hydrogen-bond donors (Lipinski definition) is 1. The molecule has 29 heteroatoms. The zero-order valence-corrected chi connectivity index (χ0v) is 78.4. The molecule has 1 N–H and O–H groups in total. The van der Waals surface area contributed by atoms with Gasteiger partial charge in [-0.25, -0.2) is 23.9 Å². The van der Waals surface area contributed by atoms with Crippen LogP contribution in [0, 0.1) is 35.5 Å². The van der Waals surface area contributed by atoms with Crippen LogP contribution in [0.1, 0.15) is 198 Å². The molecule has 0 spiro atoms. The first kappa shape index (κ1) is 101. The van der Waals surface area contributed by atoms with Gasteiger partial charge in [-0.3, -0.25) is 28.8 Å². The SMILES string of the molecule is CC[C@H]1OC(=O)[C@H](C)C(=O)[C@H](C)[C@@H](OC2O[C@H](C)C[C@H](N(C)C)[C@H]2OC(=O)c2ccccc2)[C@@](C)(OC)C[C@@H](C)C(=O)/C(C)=C/[C@@]1(O)CO[Si](C)(C)C(C)(C)C.CC[C@H]1OC(=O)[C@H](C)C(=O)[C@H](C)[C@@H](OC2O[C@H](C)C[C@H](N(C)C)[C@H]2OC(=O)c2ccccc2)[C@@](C)(OC)C[C@@H](C)C(=O)/C(C)=C/[C@]1(CO[Si](C)(C)C(C)(C)C)OC(=O)n1ccnc1. The van der Waals surface area contributed by atoms with Crippen LogP contribution in [0.15, 0.2) is 103 Å². The largest absolute Gasteiger partial charge is 0.458 e. The van der Waals surface area contributed by atoms with Crippen LogP contribution in [0.2, 0.25) is 36.3 Å². The summed E-state index contributed by atoms with van der Waals surface area (Å²) in [7, 11) is 5.51. The fourth-order valence-electron chi connectivity index (χ4n) is 15.7. The van der Waals surface area contributed by atoms with Crippen molar-refractivity contribution in [3.63, 3.8) is 0 Å². The number of methoxy groups -OCH3 is 2. The van der Waals surface area contributed by atoms with E-state index in [0.717, 1.165) is 4.57 Å². The first-order valence-corrected chi connectivity index (χ1v) is 47.7. The van der Waals surface area contributed by atoms with Gasteiger partial charge in [-0.15, -0.1) is 0 Å². The number of ether oxygens (including phenoxy) is 11. The number of carbonyl (C=O) groups is 9. The van der Waals surface area contributed by atoms with Gasteiger partial charge in [0, 0.05) is 50.3 Å². The number of benzene rings is 2. The summed E-state index contributed by atoms with van der Waals surface area (Å²) in [6, 6.07) is 16.6. The molecular formula is C90H140N4O23Si2. The van der Waals surface area contributed by atoms with Gasteiger partial charge in [0.25, 0.3) is 0 Å². The Morgan fingerprint density at radius 2 is 0.958 bits per heavy atom. The van der Waals surface area contributed by atoms with Crippen molar-refractivity contribution in [1.82, 2.24) is 19.4 Å². The van der Waals surface area contributed by atoms with Gasteiger partial charge in [0.05, 0.1) is 72.0 Å². The molecule has 2 fully saturated rings. The standard InChI is InChI=1S/C47H71N3O12Si.C43H69NO11Si/c1-16-36-47(27-57-63(14,15)45(7,8)9,62-44(55)50-23-22-48-28-50)26-30(3)37(51)29(2)25-46(10,56-13)40(32(5)38(52)33(6)41(53)59-36)61-43-39(35(49(11)12)24-31(4)58-43)60-42(54)34-20-18-17-19-21-34;1-16-33-43(49,25-51-56(14,15)41(7,8)9)24-27(3)34(45)26(2)23-42(10,50-13)37(29(5)35(46)30(6)38(47)53-33)55-40-36(32(44(11)12)22-28(4)52-40)54-39(48)31-20-18-17-19-21-31/h17-23,26,28-29,31-33,35-36,39-40,43H,16,24-25,27H2,1-15H3;17-21,24,26,28-30,32-33,36-37,40,49H,16,22-23,25H2,1-15H3/b30-26+;27-24+/t29-,31-,32+,33-,35+,36-,39-,40-,43?,46+,47-;26-,28-,29+,30-,32+,33-,36-,37-,40?,42+,43-/m11/s1. The molecule has 4 aliphatic rings. The van der Waals surface area contributed by atoms with Crippen LogP contribution in [-0.4, -0.2) is 246 Å². The second-order valence-corrected chi connectivity index (χ2v) is 46.9. The summed E-state index contributed by atoms with van der Waals surface area (Å²) in [4.78, 5) is 135. The molecule has 5 heterocycles. The van der Waals surface area contributed by atoms with E-state index in [0.29, 0.717) is 24.0 Å². The van der Waals surface area contributed by atoms with E-state index in [1.165, 1.54) is 58.9 Å². The molecule has 0 aliphatic carbocycles. The predicted molar refractivity (Wildman–Crippen MR) is 455 cm³/mol. The number of ketones is 4. The Labute approximate surface area is 708 Å². The molecule has 0 saturated carbocycles. The van der Waals surface area contributed by atoms with Gasteiger partial charge >= 0.3 is 30.0 Å². The highest BCUT2D eigenvalue weighted by Gasteiger charge is 2.56. The molecule has 27 nitrogen and oxygen atoms in total. The highest BCUT2D eigenvalue weighted by Crippen LogP contribution is 2.45. The smallest absolute Gasteiger partial charge is 0.420 e. The molecule has 0 amide bonds. The molecule has 2 unspecified atom stereocenters. The predicted octanol–water partition coefficient (Wildman–Crippen LogP) is 14.0. The van der Waals surface area contributed by atoms with Crippen molar-refractivity contribution < 1.29 is 109 Å². The Morgan fingerprint density at radius 1 is 0.580 bits per heavy atom. The Balaban J connectivity index is 0.000000372. The van der Waals surface area contributed by atoms with E-state index < -0.39 is 165 Å². The van der Waals surface area contributed by atoms with Crippen molar-refractivity contribution in [2.24, 2.45) is 35.5 Å². The highest BCUT2D eigenvalue weighted by atomic mass is 28.4. The van der Waals surface area contributed by atoms with Gasteiger partial charge in [0.15, 0.2) is 70.2 Å². The van der Waals surface area contributed by atoms with Crippen molar-refractivity contribution in [3.05, 3.63) is 114 Å². The van der Waals surface area contributed by atoms with E-state index in [2.05, 4.69) is 59.6 Å². The maximum absolute atomic E-state index is 14.8. The van der Waals surface area contributed by atoms with Crippen molar-refractivity contribution in [2.45, 2.75) is 309 Å². The minimum atomic E-state index is -2.57. The van der Waals surface area contributed by atoms with E-state index in [1.54, 1.807) is 130 Å². The summed E-state index contributed by atoms with van der Waals surface area (Å²) >= 11 is 0. The van der Waals surface area contributed by atoms with Crippen LogP contribution in [-0.2, 0) is 89.7 Å². The fraction of sp³-hybridized carbons (Fsp3) is 0.689. The van der Waals surface area contributed by atoms with Gasteiger partial charge in [-0.2, -0.15) is 0 Å². The Kier molecular flexibility index (Phi) is 35.3. The summed E-state index contributed by atoms with van der Waals surface area (Å²) in [5, 5.41) is 11.9. The number of carbonyl (C=O) groups excluding carboxylic acids is 9. The number of likely N-dealkylation sites (N-methyl/N-ethyl adjacent to an activating group) is 2. The summed E-state index contributed by atoms with van der Waals surface area (Å²) in [5.74, 6) is -10.6. The van der Waals surface area contributed by atoms with E-state index in [9.17, 15) is 48.3 Å². The maximum atomic E-state index is 14.8. The van der Waals surface area contributed by atoms with E-state index in [-0.39, 0.29) is 96.0 Å². The van der Waals surface area contributed by atoms with Gasteiger partial charge in [0.2, 0.25) is 0 Å². The maximum Gasteiger partial charge on any atom is 0.420 e. The van der Waals surface area contributed by atoms with Crippen LogP contribution < -0.4 is 0 Å².